The van der Waals surface area contributed by atoms with Gasteiger partial charge in [-0.25, -0.2) is 9.18 Å². The number of carbonyl (C=O) groups is 3. The first-order valence-electron chi connectivity index (χ1n) is 11.2. The lowest BCUT2D eigenvalue weighted by Gasteiger charge is -2.27. The third-order valence-corrected chi connectivity index (χ3v) is 5.64. The molecule has 1 N–H and O–H groups in total. The van der Waals surface area contributed by atoms with Crippen LogP contribution in [-0.2, 0) is 23.8 Å². The molecule has 0 saturated carbocycles. The van der Waals surface area contributed by atoms with Crippen molar-refractivity contribution in [3.8, 4) is 0 Å². The molecule has 3 unspecified atom stereocenters. The molecular weight excluding hydrogens is 419 g/mol. The summed E-state index contributed by atoms with van der Waals surface area (Å²) in [5, 5.41) is 2.90. The van der Waals surface area contributed by atoms with Gasteiger partial charge < -0.3 is 24.4 Å². The molecule has 3 atom stereocenters. The standard InChI is InChI=1S/C23H31FN2O6/c1-2-8-26-9-3-4-10-30-18-12-16(11-17(24)14-18)13-19(20-15-31-23(29)32-20)25-21(27)6-5-7-22(26)28/h4,10-11,14,16,19-20H,2-3,5-9,12-13,15H2,1H3,(H,25,27)/b10-4-. The van der Waals surface area contributed by atoms with Crippen molar-refractivity contribution < 1.29 is 33.0 Å². The Bertz CT molecular complexity index is 793. The molecule has 2 heterocycles. The van der Waals surface area contributed by atoms with Crippen molar-refractivity contribution in [2.75, 3.05) is 19.7 Å². The largest absolute Gasteiger partial charge is 0.508 e. The molecule has 0 aromatic heterocycles. The maximum absolute atomic E-state index is 14.2. The Morgan fingerprint density at radius 2 is 2.09 bits per heavy atom. The molecule has 3 aliphatic rings. The van der Waals surface area contributed by atoms with Gasteiger partial charge in [0.25, 0.3) is 0 Å². The van der Waals surface area contributed by atoms with Gasteiger partial charge in [0.15, 0.2) is 6.10 Å². The molecule has 0 spiro atoms. The summed E-state index contributed by atoms with van der Waals surface area (Å²) in [6.45, 7) is 3.24. The van der Waals surface area contributed by atoms with E-state index in [0.29, 0.717) is 44.5 Å². The van der Waals surface area contributed by atoms with Crippen LogP contribution < -0.4 is 5.32 Å². The quantitative estimate of drug-likeness (QED) is 0.662. The highest BCUT2D eigenvalue weighted by molar-refractivity contribution is 5.79. The molecule has 32 heavy (non-hydrogen) atoms. The minimum absolute atomic E-state index is 0.0118. The summed E-state index contributed by atoms with van der Waals surface area (Å²) in [5.74, 6) is -0.414. The van der Waals surface area contributed by atoms with Crippen molar-refractivity contribution in [2.45, 2.75) is 64.0 Å². The minimum Gasteiger partial charge on any atom is -0.470 e. The van der Waals surface area contributed by atoms with Gasteiger partial charge in [0, 0.05) is 38.4 Å². The summed E-state index contributed by atoms with van der Waals surface area (Å²) in [4.78, 5) is 38.3. The summed E-state index contributed by atoms with van der Waals surface area (Å²) in [7, 11) is 0. The van der Waals surface area contributed by atoms with E-state index in [1.54, 1.807) is 4.90 Å². The third-order valence-electron chi connectivity index (χ3n) is 5.64. The number of cyclic esters (lactones) is 2. The summed E-state index contributed by atoms with van der Waals surface area (Å²) < 4.78 is 29.9. The monoisotopic (exact) mass is 450 g/mol. The van der Waals surface area contributed by atoms with Crippen LogP contribution in [0.5, 0.6) is 0 Å². The highest BCUT2D eigenvalue weighted by Gasteiger charge is 2.35. The van der Waals surface area contributed by atoms with Crippen LogP contribution in [0.1, 0.15) is 51.9 Å². The number of nitrogens with one attached hydrogen (secondary N) is 1. The van der Waals surface area contributed by atoms with E-state index < -0.39 is 24.1 Å². The molecule has 3 rings (SSSR count). The lowest BCUT2D eigenvalue weighted by Crippen LogP contribution is -2.45. The van der Waals surface area contributed by atoms with Gasteiger partial charge in [0.2, 0.25) is 11.8 Å². The first-order chi connectivity index (χ1) is 15.4. The molecule has 2 bridgehead atoms. The summed E-state index contributed by atoms with van der Waals surface area (Å²) in [6, 6.07) is -0.541. The van der Waals surface area contributed by atoms with E-state index in [4.69, 9.17) is 14.2 Å². The van der Waals surface area contributed by atoms with Crippen LogP contribution in [0.3, 0.4) is 0 Å². The Morgan fingerprint density at radius 1 is 1.25 bits per heavy atom. The lowest BCUT2D eigenvalue weighted by atomic mass is 9.89. The number of amides is 2. The van der Waals surface area contributed by atoms with Crippen molar-refractivity contribution >= 4 is 18.0 Å². The maximum atomic E-state index is 14.2. The summed E-state index contributed by atoms with van der Waals surface area (Å²) in [5.41, 5.74) is 0. The van der Waals surface area contributed by atoms with E-state index in [9.17, 15) is 18.8 Å². The van der Waals surface area contributed by atoms with Gasteiger partial charge in [0.1, 0.15) is 18.2 Å². The van der Waals surface area contributed by atoms with E-state index in [-0.39, 0.29) is 37.2 Å². The highest BCUT2D eigenvalue weighted by atomic mass is 19.1. The van der Waals surface area contributed by atoms with Crippen LogP contribution in [-0.4, -0.2) is 54.7 Å². The fourth-order valence-electron chi connectivity index (χ4n) is 4.11. The molecular formula is C23H31FN2O6. The lowest BCUT2D eigenvalue weighted by molar-refractivity contribution is -0.131. The number of hydrogen-bond donors (Lipinski definition) is 1. The Balaban J connectivity index is 1.75. The number of ether oxygens (including phenoxy) is 3. The first-order valence-corrected chi connectivity index (χ1v) is 11.2. The zero-order valence-electron chi connectivity index (χ0n) is 18.4. The topological polar surface area (TPSA) is 94.2 Å². The molecule has 1 fully saturated rings. The normalized spacial score (nSPS) is 29.0. The second-order valence-electron chi connectivity index (χ2n) is 8.27. The molecule has 1 saturated heterocycles. The smallest absolute Gasteiger partial charge is 0.470 e. The summed E-state index contributed by atoms with van der Waals surface area (Å²) in [6.07, 6.45) is 7.89. The molecule has 9 heteroatoms. The van der Waals surface area contributed by atoms with E-state index in [1.807, 2.05) is 13.0 Å². The van der Waals surface area contributed by atoms with E-state index in [0.717, 1.165) is 6.42 Å². The molecule has 176 valence electrons. The Hall–Kier alpha value is -2.84. The van der Waals surface area contributed by atoms with Crippen molar-refractivity contribution in [2.24, 2.45) is 5.92 Å². The molecule has 8 nitrogen and oxygen atoms in total. The van der Waals surface area contributed by atoms with Crippen LogP contribution in [0, 0.1) is 5.92 Å². The Kier molecular flexibility index (Phi) is 8.70. The van der Waals surface area contributed by atoms with Gasteiger partial charge >= 0.3 is 6.16 Å². The second-order valence-corrected chi connectivity index (χ2v) is 8.27. The predicted octanol–water partition coefficient (Wildman–Crippen LogP) is 3.50. The van der Waals surface area contributed by atoms with Crippen LogP contribution in [0.2, 0.25) is 0 Å². The van der Waals surface area contributed by atoms with E-state index >= 15 is 0 Å². The van der Waals surface area contributed by atoms with Crippen LogP contribution >= 0.6 is 0 Å². The fourth-order valence-corrected chi connectivity index (χ4v) is 4.11. The zero-order valence-corrected chi connectivity index (χ0v) is 18.4. The second kappa shape index (κ2) is 11.7. The van der Waals surface area contributed by atoms with Gasteiger partial charge in [-0.3, -0.25) is 9.59 Å². The van der Waals surface area contributed by atoms with Crippen LogP contribution in [0.15, 0.2) is 36.1 Å². The van der Waals surface area contributed by atoms with Crippen molar-refractivity contribution in [3.05, 3.63) is 36.1 Å². The molecule has 1 aliphatic carbocycles. The number of fused-ring (bicyclic) bond motifs is 2. The number of carbonyl (C=O) groups excluding carboxylic acids is 3. The van der Waals surface area contributed by atoms with E-state index in [2.05, 4.69) is 5.32 Å². The minimum atomic E-state index is -0.784. The first kappa shape index (κ1) is 23.8. The van der Waals surface area contributed by atoms with Gasteiger partial charge in [-0.1, -0.05) is 6.92 Å². The molecule has 2 aliphatic heterocycles. The van der Waals surface area contributed by atoms with E-state index in [1.165, 1.54) is 18.4 Å². The Morgan fingerprint density at radius 3 is 2.84 bits per heavy atom. The number of allylic oxidation sites excluding steroid dienone is 4. The van der Waals surface area contributed by atoms with Crippen LogP contribution in [0.4, 0.5) is 9.18 Å². The third kappa shape index (κ3) is 7.10. The van der Waals surface area contributed by atoms with Crippen molar-refractivity contribution in [3.63, 3.8) is 0 Å². The average molecular weight is 451 g/mol. The van der Waals surface area contributed by atoms with Gasteiger partial charge in [-0.2, -0.15) is 0 Å². The fraction of sp³-hybridized carbons (Fsp3) is 0.609. The SMILES string of the molecule is CCCN1CC/C=C\OC2=CC(F)=CC(C2)CC(C2COC(=O)O2)NC(=O)CCCC1=O. The molecule has 2 amide bonds. The van der Waals surface area contributed by atoms with Gasteiger partial charge in [0.05, 0.1) is 12.3 Å². The van der Waals surface area contributed by atoms with Crippen LogP contribution in [0.25, 0.3) is 0 Å². The predicted molar refractivity (Wildman–Crippen MR) is 114 cm³/mol. The molecule has 0 radical (unpaired) electrons. The number of halogens is 1. The van der Waals surface area contributed by atoms with Crippen molar-refractivity contribution in [1.82, 2.24) is 10.2 Å². The maximum Gasteiger partial charge on any atom is 0.508 e. The van der Waals surface area contributed by atoms with Gasteiger partial charge in [-0.15, -0.1) is 0 Å². The molecule has 0 aromatic rings. The average Bonchev–Trinajstić information content (AvgIpc) is 3.17. The summed E-state index contributed by atoms with van der Waals surface area (Å²) >= 11 is 0. The molecule has 0 aromatic carbocycles. The zero-order chi connectivity index (χ0) is 22.9. The number of rotatable bonds is 3. The van der Waals surface area contributed by atoms with Gasteiger partial charge in [-0.05, 0) is 43.8 Å². The number of nitrogens with zero attached hydrogens (tertiary/aromatic N) is 1. The van der Waals surface area contributed by atoms with Crippen molar-refractivity contribution in [1.29, 1.82) is 0 Å². The highest BCUT2D eigenvalue weighted by Crippen LogP contribution is 2.29. The number of hydrogen-bond acceptors (Lipinski definition) is 6. The Labute approximate surface area is 187 Å².